The summed E-state index contributed by atoms with van der Waals surface area (Å²) in [4.78, 5) is 12.2. The summed E-state index contributed by atoms with van der Waals surface area (Å²) in [6.45, 7) is 3.35. The fourth-order valence-electron chi connectivity index (χ4n) is 5.20. The number of nitrogens with one attached hydrogen (secondary N) is 1. The Kier molecular flexibility index (Phi) is 5.80. The van der Waals surface area contributed by atoms with E-state index in [9.17, 15) is 4.79 Å². The van der Waals surface area contributed by atoms with Gasteiger partial charge in [0.1, 0.15) is 18.0 Å². The highest BCUT2D eigenvalue weighted by Gasteiger charge is 2.31. The van der Waals surface area contributed by atoms with Crippen molar-refractivity contribution in [2.24, 2.45) is 5.92 Å². The zero-order valence-electron chi connectivity index (χ0n) is 20.2. The largest absolute Gasteiger partial charge is 0.488 e. The second-order valence-corrected chi connectivity index (χ2v) is 10.1. The van der Waals surface area contributed by atoms with Crippen LogP contribution in [0, 0.1) is 5.92 Å². The van der Waals surface area contributed by atoms with Crippen molar-refractivity contribution in [3.63, 3.8) is 0 Å². The monoisotopic (exact) mass is 475 g/mol. The van der Waals surface area contributed by atoms with Crippen LogP contribution in [-0.4, -0.2) is 36.1 Å². The molecule has 1 aromatic heterocycles. The third-order valence-electron chi connectivity index (χ3n) is 7.63. The molecule has 1 saturated heterocycles. The van der Waals surface area contributed by atoms with E-state index < -0.39 is 6.09 Å². The Hall–Kier alpha value is -3.19. The van der Waals surface area contributed by atoms with Crippen LogP contribution in [0.5, 0.6) is 5.75 Å². The average molecular weight is 476 g/mol. The minimum Gasteiger partial charge on any atom is -0.488 e. The van der Waals surface area contributed by atoms with Crippen LogP contribution in [0.3, 0.4) is 0 Å². The van der Waals surface area contributed by atoms with Gasteiger partial charge in [-0.05, 0) is 69.2 Å². The zero-order chi connectivity index (χ0) is 23.9. The first-order chi connectivity index (χ1) is 17.1. The summed E-state index contributed by atoms with van der Waals surface area (Å²) in [5.74, 6) is 1.37. The van der Waals surface area contributed by atoms with E-state index in [0.29, 0.717) is 24.3 Å². The maximum absolute atomic E-state index is 12.2. The van der Waals surface area contributed by atoms with Crippen LogP contribution in [0.1, 0.15) is 51.5 Å². The van der Waals surface area contributed by atoms with Gasteiger partial charge in [-0.15, -0.1) is 0 Å². The van der Waals surface area contributed by atoms with Gasteiger partial charge in [-0.25, -0.2) is 4.79 Å². The molecule has 3 aliphatic rings. The molecule has 1 aliphatic heterocycles. The van der Waals surface area contributed by atoms with Crippen molar-refractivity contribution in [3.8, 4) is 17.0 Å². The Labute approximate surface area is 205 Å². The van der Waals surface area contributed by atoms with Crippen molar-refractivity contribution >= 4 is 28.4 Å². The van der Waals surface area contributed by atoms with Crippen LogP contribution in [0.4, 0.5) is 16.2 Å². The van der Waals surface area contributed by atoms with Gasteiger partial charge in [-0.3, -0.25) is 5.32 Å². The minimum absolute atomic E-state index is 0.0395. The van der Waals surface area contributed by atoms with Crippen LogP contribution < -0.4 is 15.8 Å². The van der Waals surface area contributed by atoms with Crippen molar-refractivity contribution in [1.29, 1.82) is 0 Å². The van der Waals surface area contributed by atoms with Crippen molar-refractivity contribution in [2.45, 2.75) is 63.7 Å². The van der Waals surface area contributed by atoms with E-state index in [1.54, 1.807) is 0 Å². The predicted octanol–water partition coefficient (Wildman–Crippen LogP) is 6.13. The summed E-state index contributed by atoms with van der Waals surface area (Å²) in [7, 11) is 0. The van der Waals surface area contributed by atoms with Crippen molar-refractivity contribution in [3.05, 3.63) is 42.5 Å². The van der Waals surface area contributed by atoms with E-state index in [-0.39, 0.29) is 12.2 Å². The molecule has 0 unspecified atom stereocenters. The molecule has 1 amide bonds. The first-order valence-corrected chi connectivity index (χ1v) is 12.8. The fourth-order valence-corrected chi connectivity index (χ4v) is 5.20. The lowest BCUT2D eigenvalue weighted by molar-refractivity contribution is 0.108. The smallest absolute Gasteiger partial charge is 0.411 e. The standard InChI is InChI=1S/C28H33N3O4/c1-17(18-5-6-18)34-28(32)30-20-9-7-19(8-10-20)27-26(29)24-12-11-22(35-23-13-14-33-16-23)15-25(24)31(27)21-3-2-4-21/h7-12,15,17-18,21,23H,2-6,13-14,16,29H2,1H3,(H,30,32)/t17-,23+/m1/s1. The number of rotatable bonds is 7. The van der Waals surface area contributed by atoms with Gasteiger partial charge < -0.3 is 24.5 Å². The molecule has 0 bridgehead atoms. The maximum atomic E-state index is 12.2. The first kappa shape index (κ1) is 22.3. The van der Waals surface area contributed by atoms with Crippen molar-refractivity contribution in [2.75, 3.05) is 24.3 Å². The van der Waals surface area contributed by atoms with Gasteiger partial charge >= 0.3 is 6.09 Å². The van der Waals surface area contributed by atoms with Gasteiger partial charge in [0.2, 0.25) is 0 Å². The molecule has 0 radical (unpaired) electrons. The number of benzene rings is 2. The molecular weight excluding hydrogens is 442 g/mol. The number of fused-ring (bicyclic) bond motifs is 1. The second-order valence-electron chi connectivity index (χ2n) is 10.1. The van der Waals surface area contributed by atoms with Gasteiger partial charge in [0.25, 0.3) is 0 Å². The summed E-state index contributed by atoms with van der Waals surface area (Å²) in [6, 6.07) is 14.5. The number of nitrogens with two attached hydrogens (primary N) is 1. The number of ether oxygens (including phenoxy) is 3. The number of aromatic nitrogens is 1. The van der Waals surface area contributed by atoms with Crippen LogP contribution in [-0.2, 0) is 9.47 Å². The lowest BCUT2D eigenvalue weighted by atomic mass is 9.92. The number of hydrogen-bond donors (Lipinski definition) is 2. The molecule has 3 N–H and O–H groups in total. The van der Waals surface area contributed by atoms with E-state index >= 15 is 0 Å². The number of nitrogens with zero attached hydrogens (tertiary/aromatic N) is 1. The molecule has 2 atom stereocenters. The van der Waals surface area contributed by atoms with E-state index in [2.05, 4.69) is 22.0 Å². The Balaban J connectivity index is 1.28. The molecule has 2 heterocycles. The SMILES string of the molecule is C[C@@H](OC(=O)Nc1ccc(-c2c(N)c3ccc(O[C@H]4CCOC4)cc3n2C2CCC2)cc1)C1CC1. The first-order valence-electron chi connectivity index (χ1n) is 12.8. The normalized spacial score (nSPS) is 21.0. The van der Waals surface area contributed by atoms with E-state index in [1.807, 2.05) is 37.3 Å². The molecule has 35 heavy (non-hydrogen) atoms. The summed E-state index contributed by atoms with van der Waals surface area (Å²) >= 11 is 0. The van der Waals surface area contributed by atoms with Crippen molar-refractivity contribution < 1.29 is 19.0 Å². The molecular formula is C28H33N3O4. The lowest BCUT2D eigenvalue weighted by Gasteiger charge is -2.30. The Morgan fingerprint density at radius 2 is 1.91 bits per heavy atom. The van der Waals surface area contributed by atoms with E-state index in [4.69, 9.17) is 19.9 Å². The molecule has 7 nitrogen and oxygen atoms in total. The molecule has 184 valence electrons. The zero-order valence-corrected chi connectivity index (χ0v) is 20.2. The average Bonchev–Trinajstić information content (AvgIpc) is 3.48. The summed E-state index contributed by atoms with van der Waals surface area (Å²) < 4.78 is 19.5. The summed E-state index contributed by atoms with van der Waals surface area (Å²) in [5.41, 5.74) is 11.4. The summed E-state index contributed by atoms with van der Waals surface area (Å²) in [5, 5.41) is 3.89. The van der Waals surface area contributed by atoms with Crippen LogP contribution >= 0.6 is 0 Å². The number of nitrogen functional groups attached to an aromatic ring is 1. The third-order valence-corrected chi connectivity index (χ3v) is 7.63. The highest BCUT2D eigenvalue weighted by atomic mass is 16.6. The maximum Gasteiger partial charge on any atom is 0.411 e. The van der Waals surface area contributed by atoms with Gasteiger partial charge in [0, 0.05) is 35.2 Å². The van der Waals surface area contributed by atoms with Crippen LogP contribution in [0.2, 0.25) is 0 Å². The van der Waals surface area contributed by atoms with Gasteiger partial charge in [-0.2, -0.15) is 0 Å². The highest BCUT2D eigenvalue weighted by molar-refractivity contribution is 6.01. The minimum atomic E-state index is -0.402. The molecule has 6 rings (SSSR count). The quantitative estimate of drug-likeness (QED) is 0.429. The Morgan fingerprint density at radius 1 is 1.11 bits per heavy atom. The second kappa shape index (κ2) is 9.11. The summed E-state index contributed by atoms with van der Waals surface area (Å²) in [6.07, 6.45) is 6.37. The number of carbonyl (C=O) groups excluding carboxylic acids is 1. The predicted molar refractivity (Wildman–Crippen MR) is 137 cm³/mol. The molecule has 0 spiro atoms. The van der Waals surface area contributed by atoms with E-state index in [0.717, 1.165) is 72.3 Å². The van der Waals surface area contributed by atoms with Crippen molar-refractivity contribution in [1.82, 2.24) is 4.57 Å². The highest BCUT2D eigenvalue weighted by Crippen LogP contribution is 2.45. The molecule has 2 aliphatic carbocycles. The number of anilines is 2. The Morgan fingerprint density at radius 3 is 2.57 bits per heavy atom. The molecule has 3 fully saturated rings. The lowest BCUT2D eigenvalue weighted by Crippen LogP contribution is -2.21. The molecule has 2 aromatic carbocycles. The fraction of sp³-hybridized carbons (Fsp3) is 0.464. The number of carbonyl (C=O) groups is 1. The number of amides is 1. The van der Waals surface area contributed by atoms with Crippen LogP contribution in [0.25, 0.3) is 22.2 Å². The Bertz CT molecular complexity index is 1220. The number of hydrogen-bond acceptors (Lipinski definition) is 5. The van der Waals surface area contributed by atoms with Gasteiger partial charge in [0.05, 0.1) is 30.1 Å². The third kappa shape index (κ3) is 4.45. The molecule has 7 heteroatoms. The van der Waals surface area contributed by atoms with Gasteiger partial charge in [-0.1, -0.05) is 12.1 Å². The molecule has 2 saturated carbocycles. The van der Waals surface area contributed by atoms with Gasteiger partial charge in [0.15, 0.2) is 0 Å². The molecule has 3 aromatic rings. The topological polar surface area (TPSA) is 87.7 Å². The van der Waals surface area contributed by atoms with Crippen LogP contribution in [0.15, 0.2) is 42.5 Å². The van der Waals surface area contributed by atoms with E-state index in [1.165, 1.54) is 6.42 Å².